The van der Waals surface area contributed by atoms with Gasteiger partial charge in [0.05, 0.1) is 4.92 Å². The monoisotopic (exact) mass is 270 g/mol. The molecule has 104 valence electrons. The molecule has 1 rings (SSSR count). The fourth-order valence-electron chi connectivity index (χ4n) is 1.63. The Bertz CT molecular complexity index is 479. The Morgan fingerprint density at radius 3 is 2.74 bits per heavy atom. The van der Waals surface area contributed by atoms with E-state index in [1.165, 1.54) is 11.0 Å². The molecular weight excluding hydrogens is 255 g/mol. The van der Waals surface area contributed by atoms with Crippen LogP contribution in [0.5, 0.6) is 0 Å². The maximum Gasteiger partial charge on any atom is 0.305 e. The van der Waals surface area contributed by atoms with Crippen molar-refractivity contribution in [2.45, 2.75) is 13.3 Å². The minimum absolute atomic E-state index is 0.0483. The van der Waals surface area contributed by atoms with Crippen LogP contribution in [0.15, 0.2) is 18.2 Å². The van der Waals surface area contributed by atoms with Crippen LogP contribution in [-0.2, 0) is 0 Å². The molecule has 0 aromatic heterocycles. The van der Waals surface area contributed by atoms with Crippen molar-refractivity contribution >= 4 is 11.6 Å². The van der Waals surface area contributed by atoms with E-state index >= 15 is 0 Å². The van der Waals surface area contributed by atoms with E-state index in [2.05, 4.69) is 0 Å². The second kappa shape index (κ2) is 6.79. The standard InChI is InChI=1S/C12H15FN2O4/c1-2-14(6-3-7-16)12(17)9-4-5-10(13)11(8-9)15(18)19/h4-5,8,16H,2-3,6-7H2,1H3. The largest absolute Gasteiger partial charge is 0.396 e. The van der Waals surface area contributed by atoms with E-state index in [-0.39, 0.29) is 12.2 Å². The SMILES string of the molecule is CCN(CCCO)C(=O)c1ccc(F)c([N+](=O)[O-])c1. The first kappa shape index (κ1) is 15.0. The van der Waals surface area contributed by atoms with Crippen molar-refractivity contribution in [2.24, 2.45) is 0 Å². The topological polar surface area (TPSA) is 83.7 Å². The number of nitro benzene ring substituents is 1. The highest BCUT2D eigenvalue weighted by atomic mass is 19.1. The van der Waals surface area contributed by atoms with Gasteiger partial charge in [-0.05, 0) is 25.5 Å². The molecule has 0 saturated heterocycles. The molecule has 0 atom stereocenters. The van der Waals surface area contributed by atoms with Crippen LogP contribution in [0, 0.1) is 15.9 Å². The van der Waals surface area contributed by atoms with Crippen LogP contribution in [-0.4, -0.2) is 40.5 Å². The van der Waals surface area contributed by atoms with Crippen LogP contribution in [0.1, 0.15) is 23.7 Å². The lowest BCUT2D eigenvalue weighted by Crippen LogP contribution is -2.32. The van der Waals surface area contributed by atoms with E-state index in [0.717, 1.165) is 12.1 Å². The molecule has 0 fully saturated rings. The fraction of sp³-hybridized carbons (Fsp3) is 0.417. The molecule has 1 amide bonds. The first-order valence-electron chi connectivity index (χ1n) is 5.85. The first-order valence-corrected chi connectivity index (χ1v) is 5.85. The second-order valence-electron chi connectivity index (χ2n) is 3.89. The second-order valence-corrected chi connectivity index (χ2v) is 3.89. The highest BCUT2D eigenvalue weighted by Gasteiger charge is 2.20. The number of hydrogen-bond donors (Lipinski definition) is 1. The molecule has 19 heavy (non-hydrogen) atoms. The number of amides is 1. The molecule has 1 aromatic carbocycles. The minimum atomic E-state index is -0.972. The van der Waals surface area contributed by atoms with Gasteiger partial charge in [-0.25, -0.2) is 0 Å². The van der Waals surface area contributed by atoms with Gasteiger partial charge >= 0.3 is 5.69 Å². The van der Waals surface area contributed by atoms with Gasteiger partial charge in [0.2, 0.25) is 5.82 Å². The number of aliphatic hydroxyl groups excluding tert-OH is 1. The van der Waals surface area contributed by atoms with Crippen LogP contribution in [0.2, 0.25) is 0 Å². The molecule has 6 nitrogen and oxygen atoms in total. The number of nitrogens with zero attached hydrogens (tertiary/aromatic N) is 2. The molecule has 7 heteroatoms. The number of nitro groups is 1. The van der Waals surface area contributed by atoms with Crippen LogP contribution in [0.25, 0.3) is 0 Å². The van der Waals surface area contributed by atoms with Gasteiger partial charge in [-0.15, -0.1) is 0 Å². The van der Waals surface area contributed by atoms with E-state index in [0.29, 0.717) is 19.5 Å². The predicted molar refractivity (Wildman–Crippen MR) is 66.3 cm³/mol. The van der Waals surface area contributed by atoms with Crippen molar-refractivity contribution in [2.75, 3.05) is 19.7 Å². The summed E-state index contributed by atoms with van der Waals surface area (Å²) in [7, 11) is 0. The third-order valence-corrected chi connectivity index (χ3v) is 2.64. The third kappa shape index (κ3) is 3.72. The Morgan fingerprint density at radius 2 is 2.21 bits per heavy atom. The minimum Gasteiger partial charge on any atom is -0.396 e. The van der Waals surface area contributed by atoms with Gasteiger partial charge in [0.1, 0.15) is 0 Å². The summed E-state index contributed by atoms with van der Waals surface area (Å²) in [6.07, 6.45) is 0.420. The van der Waals surface area contributed by atoms with E-state index in [4.69, 9.17) is 5.11 Å². The lowest BCUT2D eigenvalue weighted by Gasteiger charge is -2.20. The maximum atomic E-state index is 13.2. The lowest BCUT2D eigenvalue weighted by atomic mass is 10.1. The Labute approximate surface area is 109 Å². The highest BCUT2D eigenvalue weighted by molar-refractivity contribution is 5.94. The van der Waals surface area contributed by atoms with Crippen LogP contribution in [0.4, 0.5) is 10.1 Å². The average Bonchev–Trinajstić information content (AvgIpc) is 2.39. The van der Waals surface area contributed by atoms with E-state index in [1.807, 2.05) is 0 Å². The summed E-state index contributed by atoms with van der Waals surface area (Å²) in [6.45, 7) is 2.46. The van der Waals surface area contributed by atoms with Gasteiger partial charge < -0.3 is 10.0 Å². The van der Waals surface area contributed by atoms with Gasteiger partial charge in [-0.2, -0.15) is 4.39 Å². The van der Waals surface area contributed by atoms with E-state index < -0.39 is 22.3 Å². The zero-order valence-corrected chi connectivity index (χ0v) is 10.5. The molecule has 0 bridgehead atoms. The Kier molecular flexibility index (Phi) is 5.37. The summed E-state index contributed by atoms with van der Waals surface area (Å²) in [4.78, 5) is 23.3. The van der Waals surface area contributed by atoms with Crippen molar-refractivity contribution < 1.29 is 19.2 Å². The summed E-state index contributed by atoms with van der Waals surface area (Å²) in [6, 6.07) is 3.05. The van der Waals surface area contributed by atoms with E-state index in [1.54, 1.807) is 6.92 Å². The van der Waals surface area contributed by atoms with Crippen molar-refractivity contribution in [1.29, 1.82) is 0 Å². The quantitative estimate of drug-likeness (QED) is 0.628. The number of aliphatic hydroxyl groups is 1. The van der Waals surface area contributed by atoms with E-state index in [9.17, 15) is 19.3 Å². The molecule has 0 heterocycles. The summed E-state index contributed by atoms with van der Waals surface area (Å²) < 4.78 is 13.2. The maximum absolute atomic E-state index is 13.2. The Hall–Kier alpha value is -2.02. The number of carbonyl (C=O) groups is 1. The smallest absolute Gasteiger partial charge is 0.305 e. The summed E-state index contributed by atoms with van der Waals surface area (Å²) in [5.74, 6) is -1.39. The molecule has 1 N–H and O–H groups in total. The number of benzene rings is 1. The number of hydrogen-bond acceptors (Lipinski definition) is 4. The zero-order valence-electron chi connectivity index (χ0n) is 10.5. The van der Waals surface area contributed by atoms with Crippen LogP contribution >= 0.6 is 0 Å². The molecule has 0 aliphatic heterocycles. The zero-order chi connectivity index (χ0) is 14.4. The number of carbonyl (C=O) groups excluding carboxylic acids is 1. The Morgan fingerprint density at radius 1 is 1.53 bits per heavy atom. The van der Waals surface area contributed by atoms with Crippen LogP contribution in [0.3, 0.4) is 0 Å². The lowest BCUT2D eigenvalue weighted by molar-refractivity contribution is -0.387. The number of rotatable bonds is 6. The molecule has 0 unspecified atom stereocenters. The summed E-state index contributed by atoms with van der Waals surface area (Å²) in [5, 5.41) is 19.4. The summed E-state index contributed by atoms with van der Waals surface area (Å²) in [5.41, 5.74) is -0.656. The predicted octanol–water partition coefficient (Wildman–Crippen LogP) is 1.58. The number of halogens is 1. The van der Waals surface area contributed by atoms with Crippen molar-refractivity contribution in [1.82, 2.24) is 4.90 Å². The van der Waals surface area contributed by atoms with Gasteiger partial charge in [0.15, 0.2) is 0 Å². The van der Waals surface area contributed by atoms with Gasteiger partial charge in [0, 0.05) is 31.3 Å². The van der Waals surface area contributed by atoms with Gasteiger partial charge in [-0.3, -0.25) is 14.9 Å². The highest BCUT2D eigenvalue weighted by Crippen LogP contribution is 2.19. The third-order valence-electron chi connectivity index (χ3n) is 2.64. The molecular formula is C12H15FN2O4. The van der Waals surface area contributed by atoms with Crippen molar-refractivity contribution in [3.8, 4) is 0 Å². The Balaban J connectivity index is 2.98. The molecule has 1 aromatic rings. The molecule has 0 aliphatic carbocycles. The molecule has 0 aliphatic rings. The van der Waals surface area contributed by atoms with Gasteiger partial charge in [-0.1, -0.05) is 0 Å². The first-order chi connectivity index (χ1) is 9.01. The fourth-order valence-corrected chi connectivity index (χ4v) is 1.63. The average molecular weight is 270 g/mol. The normalized spacial score (nSPS) is 10.3. The molecule has 0 radical (unpaired) electrons. The molecule has 0 saturated carbocycles. The van der Waals surface area contributed by atoms with Crippen LogP contribution < -0.4 is 0 Å². The van der Waals surface area contributed by atoms with Crippen molar-refractivity contribution in [3.05, 3.63) is 39.7 Å². The van der Waals surface area contributed by atoms with Crippen molar-refractivity contribution in [3.63, 3.8) is 0 Å². The van der Waals surface area contributed by atoms with Gasteiger partial charge in [0.25, 0.3) is 5.91 Å². The summed E-state index contributed by atoms with van der Waals surface area (Å²) >= 11 is 0. The molecule has 0 spiro atoms.